The summed E-state index contributed by atoms with van der Waals surface area (Å²) >= 11 is 0. The van der Waals surface area contributed by atoms with E-state index >= 15 is 0 Å². The lowest BCUT2D eigenvalue weighted by Gasteiger charge is -2.38. The zero-order valence-corrected chi connectivity index (χ0v) is 12.7. The fourth-order valence-electron chi connectivity index (χ4n) is 2.48. The van der Waals surface area contributed by atoms with Crippen LogP contribution in [0.5, 0.6) is 5.75 Å². The van der Waals surface area contributed by atoms with Crippen LogP contribution in [0.15, 0.2) is 24.3 Å². The molecule has 19 heavy (non-hydrogen) atoms. The first-order valence-corrected chi connectivity index (χ1v) is 7.07. The van der Waals surface area contributed by atoms with Gasteiger partial charge in [0.2, 0.25) is 0 Å². The van der Waals surface area contributed by atoms with E-state index in [1.54, 1.807) is 0 Å². The van der Waals surface area contributed by atoms with Crippen molar-refractivity contribution in [3.8, 4) is 5.75 Å². The van der Waals surface area contributed by atoms with E-state index in [0.717, 1.165) is 18.7 Å². The van der Waals surface area contributed by atoms with E-state index < -0.39 is 0 Å². The summed E-state index contributed by atoms with van der Waals surface area (Å²) in [5.74, 6) is 1.02. The molecule has 2 atom stereocenters. The largest absolute Gasteiger partial charge is 0.487 e. The van der Waals surface area contributed by atoms with E-state index in [1.165, 1.54) is 5.56 Å². The highest BCUT2D eigenvalue weighted by Gasteiger charge is 2.33. The molecule has 3 heteroatoms. The van der Waals surface area contributed by atoms with Gasteiger partial charge in [0.05, 0.1) is 0 Å². The second-order valence-electron chi connectivity index (χ2n) is 6.38. The number of nitrogens with one attached hydrogen (secondary N) is 1. The number of ether oxygens (including phenoxy) is 1. The minimum absolute atomic E-state index is 0.104. The molecule has 1 N–H and O–H groups in total. The fraction of sp³-hybridized carbons (Fsp3) is 0.625. The van der Waals surface area contributed by atoms with Crippen LogP contribution >= 0.6 is 0 Å². The lowest BCUT2D eigenvalue weighted by molar-refractivity contribution is 0.0648. The molecule has 2 unspecified atom stereocenters. The van der Waals surface area contributed by atoms with Crippen LogP contribution in [-0.2, 0) is 0 Å². The summed E-state index contributed by atoms with van der Waals surface area (Å²) in [4.78, 5) is 2.24. The van der Waals surface area contributed by atoms with Crippen LogP contribution in [0.4, 0.5) is 0 Å². The molecule has 106 valence electrons. The molecular weight excluding hydrogens is 236 g/mol. The maximum absolute atomic E-state index is 6.05. The Kier molecular flexibility index (Phi) is 4.16. The van der Waals surface area contributed by atoms with Crippen molar-refractivity contribution >= 4 is 0 Å². The van der Waals surface area contributed by atoms with Gasteiger partial charge in [-0.3, -0.25) is 0 Å². The topological polar surface area (TPSA) is 24.5 Å². The predicted octanol–water partition coefficient (Wildman–Crippen LogP) is 2.83. The first kappa shape index (κ1) is 14.4. The summed E-state index contributed by atoms with van der Waals surface area (Å²) in [6.07, 6.45) is 1.00. The van der Waals surface area contributed by atoms with Crippen molar-refractivity contribution in [3.63, 3.8) is 0 Å². The molecule has 1 aromatic rings. The SMILES string of the molecule is CC(CNC1CC(C)(C)Oc2ccccc21)N(C)C. The second-order valence-corrected chi connectivity index (χ2v) is 6.38. The number of hydrogen-bond donors (Lipinski definition) is 1. The molecule has 0 aliphatic carbocycles. The van der Waals surface area contributed by atoms with Gasteiger partial charge in [0.1, 0.15) is 11.4 Å². The van der Waals surface area contributed by atoms with Crippen LogP contribution in [0, 0.1) is 0 Å². The van der Waals surface area contributed by atoms with Crippen molar-refractivity contribution < 1.29 is 4.74 Å². The summed E-state index contributed by atoms with van der Waals surface area (Å²) in [6, 6.07) is 9.27. The van der Waals surface area contributed by atoms with Crippen molar-refractivity contribution in [2.75, 3.05) is 20.6 Å². The van der Waals surface area contributed by atoms with Crippen molar-refractivity contribution in [3.05, 3.63) is 29.8 Å². The summed E-state index contributed by atoms with van der Waals surface area (Å²) < 4.78 is 6.05. The average molecular weight is 262 g/mol. The van der Waals surface area contributed by atoms with Gasteiger partial charge in [0.15, 0.2) is 0 Å². The van der Waals surface area contributed by atoms with E-state index in [2.05, 4.69) is 63.3 Å². The maximum Gasteiger partial charge on any atom is 0.124 e. The van der Waals surface area contributed by atoms with E-state index in [0.29, 0.717) is 12.1 Å². The molecule has 0 saturated carbocycles. The lowest BCUT2D eigenvalue weighted by Crippen LogP contribution is -2.43. The van der Waals surface area contributed by atoms with Crippen molar-refractivity contribution in [1.82, 2.24) is 10.2 Å². The zero-order valence-electron chi connectivity index (χ0n) is 12.7. The highest BCUT2D eigenvalue weighted by atomic mass is 16.5. The van der Waals surface area contributed by atoms with Gasteiger partial charge in [-0.05, 0) is 40.9 Å². The molecule has 0 fully saturated rings. The molecule has 0 spiro atoms. The molecular formula is C16H26N2O. The number of hydrogen-bond acceptors (Lipinski definition) is 3. The first-order valence-electron chi connectivity index (χ1n) is 7.07. The lowest BCUT2D eigenvalue weighted by atomic mass is 9.89. The molecule has 0 radical (unpaired) electrons. The second kappa shape index (κ2) is 5.51. The Bertz CT molecular complexity index is 429. The van der Waals surface area contributed by atoms with Gasteiger partial charge in [0.25, 0.3) is 0 Å². The number of rotatable bonds is 4. The van der Waals surface area contributed by atoms with Gasteiger partial charge >= 0.3 is 0 Å². The van der Waals surface area contributed by atoms with Crippen LogP contribution in [0.1, 0.15) is 38.8 Å². The standard InChI is InChI=1S/C16H26N2O/c1-12(18(4)5)11-17-14-10-16(2,3)19-15-9-7-6-8-13(14)15/h6-9,12,14,17H,10-11H2,1-5H3. The smallest absolute Gasteiger partial charge is 0.124 e. The Morgan fingerprint density at radius 1 is 1.37 bits per heavy atom. The molecule has 1 aromatic carbocycles. The quantitative estimate of drug-likeness (QED) is 0.903. The Morgan fingerprint density at radius 2 is 2.05 bits per heavy atom. The van der Waals surface area contributed by atoms with Crippen LogP contribution < -0.4 is 10.1 Å². The minimum Gasteiger partial charge on any atom is -0.487 e. The van der Waals surface area contributed by atoms with Gasteiger partial charge in [-0.1, -0.05) is 18.2 Å². The van der Waals surface area contributed by atoms with Crippen molar-refractivity contribution in [2.24, 2.45) is 0 Å². The van der Waals surface area contributed by atoms with Gasteiger partial charge in [-0.25, -0.2) is 0 Å². The van der Waals surface area contributed by atoms with Gasteiger partial charge in [0, 0.05) is 30.6 Å². The number of benzene rings is 1. The summed E-state index contributed by atoms with van der Waals surface area (Å²) in [5, 5.41) is 3.69. The van der Waals surface area contributed by atoms with Crippen molar-refractivity contribution in [2.45, 2.75) is 44.9 Å². The highest BCUT2D eigenvalue weighted by molar-refractivity contribution is 5.38. The van der Waals surface area contributed by atoms with Gasteiger partial charge in [-0.15, -0.1) is 0 Å². The molecule has 0 aromatic heterocycles. The van der Waals surface area contributed by atoms with Crippen LogP contribution in [0.2, 0.25) is 0 Å². The third kappa shape index (κ3) is 3.48. The minimum atomic E-state index is -0.104. The number of fused-ring (bicyclic) bond motifs is 1. The summed E-state index contributed by atoms with van der Waals surface area (Å²) in [7, 11) is 4.24. The monoisotopic (exact) mass is 262 g/mol. The maximum atomic E-state index is 6.05. The first-order chi connectivity index (χ1) is 8.89. The van der Waals surface area contributed by atoms with Crippen LogP contribution in [0.3, 0.4) is 0 Å². The summed E-state index contributed by atoms with van der Waals surface area (Å²) in [5.41, 5.74) is 1.18. The van der Waals surface area contributed by atoms with Gasteiger partial charge in [-0.2, -0.15) is 0 Å². The van der Waals surface area contributed by atoms with Crippen LogP contribution in [-0.4, -0.2) is 37.2 Å². The predicted molar refractivity (Wildman–Crippen MR) is 79.7 cm³/mol. The molecule has 1 aliphatic rings. The number of nitrogens with zero attached hydrogens (tertiary/aromatic N) is 1. The molecule has 1 aliphatic heterocycles. The Hall–Kier alpha value is -1.06. The Morgan fingerprint density at radius 3 is 2.74 bits per heavy atom. The van der Waals surface area contributed by atoms with Gasteiger partial charge < -0.3 is 15.0 Å². The van der Waals surface area contributed by atoms with Crippen molar-refractivity contribution in [1.29, 1.82) is 0 Å². The van der Waals surface area contributed by atoms with E-state index in [9.17, 15) is 0 Å². The third-order valence-corrected chi connectivity index (χ3v) is 3.92. The number of para-hydroxylation sites is 1. The molecule has 0 saturated heterocycles. The van der Waals surface area contributed by atoms with E-state index in [-0.39, 0.29) is 5.60 Å². The number of likely N-dealkylation sites (N-methyl/N-ethyl adjacent to an activating group) is 1. The molecule has 0 amide bonds. The Labute approximate surface area is 116 Å². The molecule has 2 rings (SSSR count). The van der Waals surface area contributed by atoms with E-state index in [1.807, 2.05) is 6.07 Å². The highest BCUT2D eigenvalue weighted by Crippen LogP contribution is 2.39. The molecule has 3 nitrogen and oxygen atoms in total. The molecule has 1 heterocycles. The van der Waals surface area contributed by atoms with E-state index in [4.69, 9.17) is 4.74 Å². The fourth-order valence-corrected chi connectivity index (χ4v) is 2.48. The Balaban J connectivity index is 2.12. The van der Waals surface area contributed by atoms with Crippen LogP contribution in [0.25, 0.3) is 0 Å². The normalized spacial score (nSPS) is 22.7. The average Bonchev–Trinajstić information content (AvgIpc) is 2.34. The third-order valence-electron chi connectivity index (χ3n) is 3.92. The molecule has 0 bridgehead atoms. The summed E-state index contributed by atoms with van der Waals surface area (Å²) in [6.45, 7) is 7.55. The zero-order chi connectivity index (χ0) is 14.0.